The molecule has 0 aliphatic carbocycles. The number of aromatic hydroxyl groups is 1. The Bertz CT molecular complexity index is 1200. The van der Waals surface area contributed by atoms with E-state index >= 15 is 0 Å². The lowest BCUT2D eigenvalue weighted by Crippen LogP contribution is -2.33. The summed E-state index contributed by atoms with van der Waals surface area (Å²) in [5.74, 6) is 1.36. The van der Waals surface area contributed by atoms with Crippen molar-refractivity contribution in [1.29, 1.82) is 0 Å². The molecule has 174 valence electrons. The first kappa shape index (κ1) is 22.9. The predicted octanol–water partition coefficient (Wildman–Crippen LogP) is 4.65. The summed E-state index contributed by atoms with van der Waals surface area (Å²) in [7, 11) is 3.23. The number of nitrogens with zero attached hydrogens (tertiary/aromatic N) is 1. The van der Waals surface area contributed by atoms with E-state index in [0.29, 0.717) is 17.2 Å². The SMILES string of the molecule is COc1ccc(C(OCc2cc(O)cn2C(N)=O)(c2ccccc2)c2ccc(OC)cc2)cc1. The number of carbonyl (C=O) groups excluding carboxylic acids is 1. The van der Waals surface area contributed by atoms with Crippen LogP contribution in [0.2, 0.25) is 0 Å². The number of aromatic nitrogens is 1. The molecule has 0 bridgehead atoms. The van der Waals surface area contributed by atoms with Crippen molar-refractivity contribution in [3.05, 3.63) is 114 Å². The first-order chi connectivity index (χ1) is 16.5. The van der Waals surface area contributed by atoms with Crippen LogP contribution in [0.4, 0.5) is 4.79 Å². The highest BCUT2D eigenvalue weighted by Gasteiger charge is 2.38. The second-order valence-electron chi connectivity index (χ2n) is 7.69. The third kappa shape index (κ3) is 4.33. The molecule has 0 spiro atoms. The molecule has 4 rings (SSSR count). The monoisotopic (exact) mass is 458 g/mol. The minimum atomic E-state index is -1.05. The standard InChI is InChI=1S/C27H26N2O5/c1-32-24-12-8-20(9-13-24)27(19-6-4-3-5-7-19,21-10-14-25(33-2)15-11-21)34-18-22-16-23(30)17-29(22)26(28)31/h3-17,30H,18H2,1-2H3,(H2,28,31). The van der Waals surface area contributed by atoms with Crippen molar-refractivity contribution in [2.24, 2.45) is 5.73 Å². The molecule has 7 nitrogen and oxygen atoms in total. The van der Waals surface area contributed by atoms with Crippen molar-refractivity contribution < 1.29 is 24.1 Å². The van der Waals surface area contributed by atoms with Crippen LogP contribution in [0.15, 0.2) is 91.1 Å². The van der Waals surface area contributed by atoms with Gasteiger partial charge in [-0.05, 0) is 41.0 Å². The predicted molar refractivity (Wildman–Crippen MR) is 128 cm³/mol. The maximum Gasteiger partial charge on any atom is 0.323 e. The molecular weight excluding hydrogens is 432 g/mol. The number of carbonyl (C=O) groups is 1. The first-order valence-corrected chi connectivity index (χ1v) is 10.7. The third-order valence-electron chi connectivity index (χ3n) is 5.73. The molecular formula is C27H26N2O5. The number of primary amides is 1. The van der Waals surface area contributed by atoms with Crippen molar-refractivity contribution in [1.82, 2.24) is 4.57 Å². The Morgan fingerprint density at radius 3 is 1.82 bits per heavy atom. The van der Waals surface area contributed by atoms with Crippen LogP contribution in [0.25, 0.3) is 0 Å². The lowest BCUT2D eigenvalue weighted by atomic mass is 9.80. The van der Waals surface area contributed by atoms with E-state index in [1.807, 2.05) is 78.9 Å². The van der Waals surface area contributed by atoms with Crippen molar-refractivity contribution >= 4 is 6.03 Å². The molecule has 7 heteroatoms. The summed E-state index contributed by atoms with van der Waals surface area (Å²) in [6, 6.07) is 25.8. The van der Waals surface area contributed by atoms with Gasteiger partial charge in [0.15, 0.2) is 0 Å². The van der Waals surface area contributed by atoms with Gasteiger partial charge < -0.3 is 25.1 Å². The summed E-state index contributed by atoms with van der Waals surface area (Å²) in [6.07, 6.45) is 1.27. The largest absolute Gasteiger partial charge is 0.506 e. The van der Waals surface area contributed by atoms with Crippen molar-refractivity contribution in [2.75, 3.05) is 14.2 Å². The number of nitrogens with two attached hydrogens (primary N) is 1. The zero-order chi connectivity index (χ0) is 24.1. The normalized spacial score (nSPS) is 11.2. The highest BCUT2D eigenvalue weighted by atomic mass is 16.5. The van der Waals surface area contributed by atoms with Crippen LogP contribution in [-0.2, 0) is 16.9 Å². The fraction of sp³-hybridized carbons (Fsp3) is 0.148. The van der Waals surface area contributed by atoms with E-state index in [4.69, 9.17) is 19.9 Å². The fourth-order valence-corrected chi connectivity index (χ4v) is 4.07. The molecule has 0 atom stereocenters. The van der Waals surface area contributed by atoms with Gasteiger partial charge in [0, 0.05) is 6.07 Å². The van der Waals surface area contributed by atoms with Gasteiger partial charge >= 0.3 is 6.03 Å². The van der Waals surface area contributed by atoms with Gasteiger partial charge in [-0.15, -0.1) is 0 Å². The van der Waals surface area contributed by atoms with Crippen LogP contribution >= 0.6 is 0 Å². The van der Waals surface area contributed by atoms with Gasteiger partial charge in [0.05, 0.1) is 32.7 Å². The summed E-state index contributed by atoms with van der Waals surface area (Å²) in [4.78, 5) is 11.9. The average molecular weight is 459 g/mol. The van der Waals surface area contributed by atoms with Crippen LogP contribution in [0.5, 0.6) is 17.2 Å². The van der Waals surface area contributed by atoms with Gasteiger partial charge in [0.2, 0.25) is 0 Å². The van der Waals surface area contributed by atoms with E-state index in [2.05, 4.69) is 0 Å². The maximum absolute atomic E-state index is 11.9. The van der Waals surface area contributed by atoms with Crippen molar-refractivity contribution in [3.8, 4) is 17.2 Å². The molecule has 0 aliphatic rings. The number of hydrogen-bond donors (Lipinski definition) is 2. The van der Waals surface area contributed by atoms with Gasteiger partial charge in [0.1, 0.15) is 22.8 Å². The van der Waals surface area contributed by atoms with Crippen LogP contribution in [0.1, 0.15) is 22.4 Å². The molecule has 0 fully saturated rings. The molecule has 3 N–H and O–H groups in total. The number of hydrogen-bond acceptors (Lipinski definition) is 5. The van der Waals surface area contributed by atoms with Crippen LogP contribution in [0, 0.1) is 0 Å². The lowest BCUT2D eigenvalue weighted by molar-refractivity contribution is -0.00210. The Morgan fingerprint density at radius 1 is 0.853 bits per heavy atom. The zero-order valence-electron chi connectivity index (χ0n) is 19.0. The highest BCUT2D eigenvalue weighted by Crippen LogP contribution is 2.42. The average Bonchev–Trinajstić information content (AvgIpc) is 3.26. The Kier molecular flexibility index (Phi) is 6.56. The fourth-order valence-electron chi connectivity index (χ4n) is 4.07. The number of amides is 1. The Labute approximate surface area is 197 Å². The minimum absolute atomic E-state index is 0.00352. The molecule has 1 heterocycles. The molecule has 1 aromatic heterocycles. The molecule has 0 saturated heterocycles. The van der Waals surface area contributed by atoms with E-state index in [1.54, 1.807) is 14.2 Å². The molecule has 1 amide bonds. The molecule has 0 unspecified atom stereocenters. The maximum atomic E-state index is 11.9. The second kappa shape index (κ2) is 9.72. The molecule has 0 saturated carbocycles. The van der Waals surface area contributed by atoms with Crippen molar-refractivity contribution in [3.63, 3.8) is 0 Å². The van der Waals surface area contributed by atoms with E-state index in [9.17, 15) is 9.90 Å². The van der Waals surface area contributed by atoms with E-state index in [1.165, 1.54) is 16.8 Å². The zero-order valence-corrected chi connectivity index (χ0v) is 19.0. The second-order valence-corrected chi connectivity index (χ2v) is 7.69. The minimum Gasteiger partial charge on any atom is -0.506 e. The van der Waals surface area contributed by atoms with Crippen LogP contribution < -0.4 is 15.2 Å². The summed E-state index contributed by atoms with van der Waals surface area (Å²) in [5.41, 5.74) is 7.45. The van der Waals surface area contributed by atoms with E-state index < -0.39 is 11.6 Å². The molecule has 0 aliphatic heterocycles. The summed E-state index contributed by atoms with van der Waals surface area (Å²) in [6.45, 7) is -0.00352. The molecule has 0 radical (unpaired) electrons. The third-order valence-corrected chi connectivity index (χ3v) is 5.73. The van der Waals surface area contributed by atoms with Gasteiger partial charge in [-0.2, -0.15) is 0 Å². The summed E-state index contributed by atoms with van der Waals surface area (Å²) < 4.78 is 18.6. The van der Waals surface area contributed by atoms with E-state index in [0.717, 1.165) is 16.7 Å². The van der Waals surface area contributed by atoms with Gasteiger partial charge in [-0.3, -0.25) is 4.57 Å². The van der Waals surface area contributed by atoms with Crippen LogP contribution in [-0.4, -0.2) is 29.9 Å². The van der Waals surface area contributed by atoms with Gasteiger partial charge in [0.25, 0.3) is 0 Å². The summed E-state index contributed by atoms with van der Waals surface area (Å²) in [5, 5.41) is 9.97. The molecule has 4 aromatic rings. The number of rotatable bonds is 8. The lowest BCUT2D eigenvalue weighted by Gasteiger charge is -2.36. The Morgan fingerprint density at radius 2 is 1.35 bits per heavy atom. The Balaban J connectivity index is 1.90. The number of methoxy groups -OCH3 is 2. The van der Waals surface area contributed by atoms with E-state index in [-0.39, 0.29) is 12.4 Å². The quantitative estimate of drug-likeness (QED) is 0.375. The van der Waals surface area contributed by atoms with Crippen LogP contribution in [0.3, 0.4) is 0 Å². The smallest absolute Gasteiger partial charge is 0.323 e. The molecule has 34 heavy (non-hydrogen) atoms. The topological polar surface area (TPSA) is 95.9 Å². The summed E-state index contributed by atoms with van der Waals surface area (Å²) >= 11 is 0. The Hall–Kier alpha value is -4.23. The number of benzene rings is 3. The highest BCUT2D eigenvalue weighted by molar-refractivity contribution is 5.76. The first-order valence-electron chi connectivity index (χ1n) is 10.7. The van der Waals surface area contributed by atoms with Gasteiger partial charge in [-0.25, -0.2) is 4.79 Å². The number of ether oxygens (including phenoxy) is 3. The van der Waals surface area contributed by atoms with Gasteiger partial charge in [-0.1, -0.05) is 54.6 Å². The van der Waals surface area contributed by atoms with Crippen molar-refractivity contribution in [2.45, 2.75) is 12.2 Å². The molecule has 3 aromatic carbocycles.